The molecule has 0 fully saturated rings. The molecule has 0 atom stereocenters. The third-order valence-electron chi connectivity index (χ3n) is 6.41. The molecule has 5 heteroatoms. The molecule has 1 aliphatic carbocycles. The van der Waals surface area contributed by atoms with Crippen LogP contribution in [-0.2, 0) is 27.1 Å². The number of fused-ring (bicyclic) bond motifs is 3. The summed E-state index contributed by atoms with van der Waals surface area (Å²) in [5.41, 5.74) is 7.11. The van der Waals surface area contributed by atoms with Gasteiger partial charge in [-0.15, -0.1) is 0 Å². The number of ether oxygens (including phenoxy) is 2. The smallest absolute Gasteiger partial charge is 0.411 e. The average molecular weight is 486 g/mol. The van der Waals surface area contributed by atoms with Crippen LogP contribution >= 0.6 is 0 Å². The van der Waals surface area contributed by atoms with Gasteiger partial charge < -0.3 is 9.47 Å². The van der Waals surface area contributed by atoms with Gasteiger partial charge in [-0.1, -0.05) is 67.6 Å². The number of esters is 1. The minimum Gasteiger partial charge on any atom is -0.460 e. The highest BCUT2D eigenvalue weighted by Crippen LogP contribution is 2.44. The zero-order valence-corrected chi connectivity index (χ0v) is 21.6. The van der Waals surface area contributed by atoms with Crippen molar-refractivity contribution in [3.63, 3.8) is 0 Å². The molecule has 0 heterocycles. The molecule has 0 radical (unpaired) electrons. The minimum atomic E-state index is -0.489. The van der Waals surface area contributed by atoms with Crippen molar-refractivity contribution in [3.05, 3.63) is 89.0 Å². The number of anilines is 1. The maximum atomic E-state index is 12.9. The molecule has 1 N–H and O–H groups in total. The number of hydrogen-bond acceptors (Lipinski definition) is 4. The Morgan fingerprint density at radius 3 is 2.17 bits per heavy atom. The van der Waals surface area contributed by atoms with E-state index in [4.69, 9.17) is 9.47 Å². The quantitative estimate of drug-likeness (QED) is 0.341. The largest absolute Gasteiger partial charge is 0.460 e. The summed E-state index contributed by atoms with van der Waals surface area (Å²) < 4.78 is 11.2. The fourth-order valence-electron chi connectivity index (χ4n) is 4.74. The summed E-state index contributed by atoms with van der Waals surface area (Å²) in [6.07, 6.45) is 2.01. The van der Waals surface area contributed by atoms with E-state index in [9.17, 15) is 9.59 Å². The van der Waals surface area contributed by atoms with Gasteiger partial charge in [0.1, 0.15) is 12.2 Å². The van der Waals surface area contributed by atoms with Crippen LogP contribution in [0.1, 0.15) is 68.7 Å². The third kappa shape index (κ3) is 6.14. The Balaban J connectivity index is 1.40. The van der Waals surface area contributed by atoms with Gasteiger partial charge in [0.25, 0.3) is 0 Å². The highest BCUT2D eigenvalue weighted by molar-refractivity contribution is 5.86. The maximum Gasteiger partial charge on any atom is 0.411 e. The third-order valence-corrected chi connectivity index (χ3v) is 6.41. The Morgan fingerprint density at radius 1 is 0.917 bits per heavy atom. The highest BCUT2D eigenvalue weighted by atomic mass is 16.6. The van der Waals surface area contributed by atoms with Crippen LogP contribution in [0.3, 0.4) is 0 Å². The Labute approximate surface area is 213 Å². The number of rotatable bonds is 8. The van der Waals surface area contributed by atoms with Gasteiger partial charge in [-0.05, 0) is 79.5 Å². The Kier molecular flexibility index (Phi) is 7.78. The second kappa shape index (κ2) is 11.0. The molecule has 0 spiro atoms. The van der Waals surface area contributed by atoms with E-state index >= 15 is 0 Å². The van der Waals surface area contributed by atoms with Crippen LogP contribution in [0.2, 0.25) is 0 Å². The van der Waals surface area contributed by atoms with Crippen molar-refractivity contribution in [3.8, 4) is 11.1 Å². The Bertz CT molecular complexity index is 1200. The molecule has 3 aromatic carbocycles. The second-order valence-electron chi connectivity index (χ2n) is 10.2. The predicted octanol–water partition coefficient (Wildman–Crippen LogP) is 7.27. The van der Waals surface area contributed by atoms with Gasteiger partial charge >= 0.3 is 12.1 Å². The second-order valence-corrected chi connectivity index (χ2v) is 10.2. The van der Waals surface area contributed by atoms with E-state index < -0.39 is 11.7 Å². The van der Waals surface area contributed by atoms with Crippen LogP contribution in [0.4, 0.5) is 10.5 Å². The van der Waals surface area contributed by atoms with Crippen LogP contribution in [0.15, 0.2) is 66.7 Å². The van der Waals surface area contributed by atoms with Crippen molar-refractivity contribution in [2.45, 2.75) is 64.9 Å². The van der Waals surface area contributed by atoms with Crippen molar-refractivity contribution in [1.29, 1.82) is 0 Å². The molecule has 1 aliphatic rings. The Morgan fingerprint density at radius 2 is 1.56 bits per heavy atom. The number of amides is 1. The number of carbonyl (C=O) groups excluding carboxylic acids is 2. The van der Waals surface area contributed by atoms with Crippen LogP contribution in [0, 0.1) is 0 Å². The lowest BCUT2D eigenvalue weighted by Crippen LogP contribution is -2.23. The average Bonchev–Trinajstić information content (AvgIpc) is 3.16. The zero-order valence-electron chi connectivity index (χ0n) is 21.6. The zero-order chi connectivity index (χ0) is 25.7. The van der Waals surface area contributed by atoms with Crippen LogP contribution < -0.4 is 5.32 Å². The minimum absolute atomic E-state index is 0.0124. The van der Waals surface area contributed by atoms with Gasteiger partial charge in [0, 0.05) is 18.0 Å². The van der Waals surface area contributed by atoms with Crippen molar-refractivity contribution in [2.75, 3.05) is 11.9 Å². The summed E-state index contributed by atoms with van der Waals surface area (Å²) in [6, 6.07) is 22.6. The summed E-state index contributed by atoms with van der Waals surface area (Å²) in [6.45, 7) is 7.94. The van der Waals surface area contributed by atoms with Gasteiger partial charge in [-0.25, -0.2) is 4.79 Å². The van der Waals surface area contributed by atoms with Gasteiger partial charge in [0.05, 0.1) is 0 Å². The van der Waals surface area contributed by atoms with Gasteiger partial charge in [-0.2, -0.15) is 0 Å². The summed E-state index contributed by atoms with van der Waals surface area (Å²) in [7, 11) is 0. The van der Waals surface area contributed by atoms with Crippen molar-refractivity contribution < 1.29 is 19.1 Å². The van der Waals surface area contributed by atoms with Crippen molar-refractivity contribution >= 4 is 17.7 Å². The summed E-state index contributed by atoms with van der Waals surface area (Å²) in [4.78, 5) is 25.0. The van der Waals surface area contributed by atoms with E-state index in [1.807, 2.05) is 57.2 Å². The van der Waals surface area contributed by atoms with E-state index in [1.165, 1.54) is 22.3 Å². The van der Waals surface area contributed by atoms with E-state index in [-0.39, 0.29) is 18.5 Å². The standard InChI is InChI=1S/C31H35NO4/c1-5-21-17-18-22(11-10-16-29(33)36-31(2,3)4)28(19-21)32-30(34)35-20-27-25-14-8-6-12-23(25)24-13-7-9-15-26(24)27/h6-9,12-15,17-19,27H,5,10-11,16,20H2,1-4H3,(H,32,34). The maximum absolute atomic E-state index is 12.9. The highest BCUT2D eigenvalue weighted by Gasteiger charge is 2.29. The predicted molar refractivity (Wildman–Crippen MR) is 143 cm³/mol. The van der Waals surface area contributed by atoms with Gasteiger partial charge in [0.2, 0.25) is 0 Å². The van der Waals surface area contributed by atoms with Crippen LogP contribution in [-0.4, -0.2) is 24.3 Å². The monoisotopic (exact) mass is 485 g/mol. The molecule has 4 rings (SSSR count). The number of aryl methyl sites for hydroxylation is 2. The number of nitrogens with one attached hydrogen (secondary N) is 1. The molecule has 0 saturated carbocycles. The molecule has 0 aliphatic heterocycles. The SMILES string of the molecule is CCc1ccc(CCCC(=O)OC(C)(C)C)c(NC(=O)OCC2c3ccccc3-c3ccccc32)c1. The first-order valence-electron chi connectivity index (χ1n) is 12.7. The fourth-order valence-corrected chi connectivity index (χ4v) is 4.74. The molecular weight excluding hydrogens is 450 g/mol. The molecule has 36 heavy (non-hydrogen) atoms. The van der Waals surface area contributed by atoms with Crippen molar-refractivity contribution in [1.82, 2.24) is 0 Å². The number of carbonyl (C=O) groups is 2. The first kappa shape index (κ1) is 25.5. The molecule has 188 valence electrons. The molecule has 0 aromatic heterocycles. The normalized spacial score (nSPS) is 12.6. The topological polar surface area (TPSA) is 64.6 Å². The molecule has 5 nitrogen and oxygen atoms in total. The first-order chi connectivity index (χ1) is 17.2. The van der Waals surface area contributed by atoms with E-state index in [0.29, 0.717) is 19.3 Å². The van der Waals surface area contributed by atoms with Gasteiger partial charge in [-0.3, -0.25) is 10.1 Å². The number of benzene rings is 3. The lowest BCUT2D eigenvalue weighted by molar-refractivity contribution is -0.154. The molecule has 0 unspecified atom stereocenters. The number of hydrogen-bond donors (Lipinski definition) is 1. The Hall–Kier alpha value is -3.60. The molecule has 0 saturated heterocycles. The first-order valence-corrected chi connectivity index (χ1v) is 12.7. The fraction of sp³-hybridized carbons (Fsp3) is 0.355. The summed E-state index contributed by atoms with van der Waals surface area (Å²) in [5.74, 6) is -0.197. The van der Waals surface area contributed by atoms with Crippen molar-refractivity contribution in [2.24, 2.45) is 0 Å². The van der Waals surface area contributed by atoms with E-state index in [2.05, 4.69) is 42.6 Å². The molecular formula is C31H35NO4. The summed E-state index contributed by atoms with van der Waals surface area (Å²) in [5, 5.41) is 2.96. The van der Waals surface area contributed by atoms with Crippen LogP contribution in [0.25, 0.3) is 11.1 Å². The molecule has 1 amide bonds. The van der Waals surface area contributed by atoms with E-state index in [1.54, 1.807) is 0 Å². The lowest BCUT2D eigenvalue weighted by atomic mass is 9.98. The van der Waals surface area contributed by atoms with Gasteiger partial charge in [0.15, 0.2) is 0 Å². The summed E-state index contributed by atoms with van der Waals surface area (Å²) >= 11 is 0. The van der Waals surface area contributed by atoms with E-state index in [0.717, 1.165) is 23.2 Å². The van der Waals surface area contributed by atoms with Crippen LogP contribution in [0.5, 0.6) is 0 Å². The molecule has 3 aromatic rings. The molecule has 0 bridgehead atoms. The lowest BCUT2D eigenvalue weighted by Gasteiger charge is -2.19.